The smallest absolute Gasteiger partial charge is 0.245 e. The van der Waals surface area contributed by atoms with Gasteiger partial charge in [0.2, 0.25) is 11.8 Å². The minimum atomic E-state index is -0.431. The van der Waals surface area contributed by atoms with E-state index in [-0.39, 0.29) is 17.9 Å². The van der Waals surface area contributed by atoms with Crippen LogP contribution < -0.4 is 10.1 Å². The van der Waals surface area contributed by atoms with Crippen molar-refractivity contribution in [1.82, 2.24) is 10.2 Å². The Morgan fingerprint density at radius 1 is 1.39 bits per heavy atom. The lowest BCUT2D eigenvalue weighted by Gasteiger charge is -2.41. The van der Waals surface area contributed by atoms with Crippen LogP contribution in [-0.2, 0) is 9.59 Å². The van der Waals surface area contributed by atoms with Crippen LogP contribution in [0.4, 0.5) is 0 Å². The van der Waals surface area contributed by atoms with E-state index in [2.05, 4.69) is 5.32 Å². The SMILES string of the molecule is CSCC[C@H](NC(C)=O)C(=O)N1CC(Oc2ccccc2C)C1. The Hall–Kier alpha value is -1.69. The minimum absolute atomic E-state index is 0.0149. The van der Waals surface area contributed by atoms with Crippen LogP contribution >= 0.6 is 11.8 Å². The molecule has 5 nitrogen and oxygen atoms in total. The zero-order valence-corrected chi connectivity index (χ0v) is 14.7. The first-order chi connectivity index (χ1) is 11.0. The second kappa shape index (κ2) is 8.24. The van der Waals surface area contributed by atoms with E-state index in [4.69, 9.17) is 4.74 Å². The molecule has 0 radical (unpaired) electrons. The van der Waals surface area contributed by atoms with Crippen molar-refractivity contribution in [3.8, 4) is 5.75 Å². The molecule has 1 aliphatic heterocycles. The standard InChI is InChI=1S/C17H24N2O3S/c1-12-6-4-5-7-16(12)22-14-10-19(11-14)17(21)15(8-9-23-3)18-13(2)20/h4-7,14-15H,8-11H2,1-3H3,(H,18,20)/t15-/m0/s1. The summed E-state index contributed by atoms with van der Waals surface area (Å²) in [6.45, 7) is 4.59. The summed E-state index contributed by atoms with van der Waals surface area (Å²) in [6.07, 6.45) is 2.67. The number of likely N-dealkylation sites (tertiary alicyclic amines) is 1. The van der Waals surface area contributed by atoms with E-state index < -0.39 is 6.04 Å². The Morgan fingerprint density at radius 2 is 2.09 bits per heavy atom. The first-order valence-corrected chi connectivity index (χ1v) is 9.17. The Labute approximate surface area is 141 Å². The van der Waals surface area contributed by atoms with Gasteiger partial charge in [0.1, 0.15) is 17.9 Å². The Balaban J connectivity index is 1.85. The number of thioether (sulfide) groups is 1. The van der Waals surface area contributed by atoms with Gasteiger partial charge in [0, 0.05) is 6.92 Å². The number of rotatable bonds is 7. The molecule has 1 aromatic carbocycles. The van der Waals surface area contributed by atoms with Gasteiger partial charge in [-0.05, 0) is 37.0 Å². The van der Waals surface area contributed by atoms with Crippen LogP contribution in [-0.4, -0.2) is 54.0 Å². The fourth-order valence-corrected chi connectivity index (χ4v) is 2.99. The summed E-state index contributed by atoms with van der Waals surface area (Å²) in [5, 5.41) is 2.75. The van der Waals surface area contributed by atoms with E-state index in [1.807, 2.05) is 37.4 Å². The molecule has 23 heavy (non-hydrogen) atoms. The topological polar surface area (TPSA) is 58.6 Å². The predicted octanol–water partition coefficient (Wildman–Crippen LogP) is 1.84. The van der Waals surface area contributed by atoms with Gasteiger partial charge in [-0.2, -0.15) is 11.8 Å². The molecule has 0 spiro atoms. The fourth-order valence-electron chi connectivity index (χ4n) is 2.52. The lowest BCUT2D eigenvalue weighted by Crippen LogP contribution is -2.61. The molecule has 1 aromatic rings. The second-order valence-corrected chi connectivity index (χ2v) is 6.77. The molecule has 1 heterocycles. The molecule has 1 fully saturated rings. The largest absolute Gasteiger partial charge is 0.486 e. The number of nitrogens with zero attached hydrogens (tertiary/aromatic N) is 1. The molecule has 2 amide bonds. The molecule has 2 rings (SSSR count). The summed E-state index contributed by atoms with van der Waals surface area (Å²) in [5.74, 6) is 1.52. The lowest BCUT2D eigenvalue weighted by molar-refractivity contribution is -0.144. The normalized spacial score (nSPS) is 15.7. The highest BCUT2D eigenvalue weighted by Crippen LogP contribution is 2.22. The van der Waals surface area contributed by atoms with Gasteiger partial charge >= 0.3 is 0 Å². The average Bonchev–Trinajstić information content (AvgIpc) is 2.47. The molecule has 1 N–H and O–H groups in total. The third-order valence-corrected chi connectivity index (χ3v) is 4.48. The van der Waals surface area contributed by atoms with E-state index in [1.54, 1.807) is 16.7 Å². The number of benzene rings is 1. The zero-order chi connectivity index (χ0) is 16.8. The molecule has 0 aromatic heterocycles. The van der Waals surface area contributed by atoms with E-state index in [0.29, 0.717) is 19.5 Å². The highest BCUT2D eigenvalue weighted by atomic mass is 32.2. The summed E-state index contributed by atoms with van der Waals surface area (Å²) < 4.78 is 5.92. The number of nitrogens with one attached hydrogen (secondary N) is 1. The molecule has 0 saturated carbocycles. The highest BCUT2D eigenvalue weighted by Gasteiger charge is 2.36. The van der Waals surface area contributed by atoms with Gasteiger partial charge in [-0.25, -0.2) is 0 Å². The molecular formula is C17H24N2O3S. The van der Waals surface area contributed by atoms with Gasteiger partial charge in [0.25, 0.3) is 0 Å². The summed E-state index contributed by atoms with van der Waals surface area (Å²) in [6, 6.07) is 7.44. The van der Waals surface area contributed by atoms with Crippen LogP contribution in [0, 0.1) is 6.92 Å². The first kappa shape index (κ1) is 17.7. The molecule has 1 aliphatic rings. The number of para-hydroxylation sites is 1. The van der Waals surface area contributed by atoms with E-state index >= 15 is 0 Å². The van der Waals surface area contributed by atoms with Gasteiger partial charge in [0.05, 0.1) is 13.1 Å². The van der Waals surface area contributed by atoms with Gasteiger partial charge in [-0.15, -0.1) is 0 Å². The lowest BCUT2D eigenvalue weighted by atomic mass is 10.1. The van der Waals surface area contributed by atoms with Crippen LogP contribution in [0.15, 0.2) is 24.3 Å². The third-order valence-electron chi connectivity index (χ3n) is 3.83. The maximum Gasteiger partial charge on any atom is 0.245 e. The van der Waals surface area contributed by atoms with Crippen LogP contribution in [0.25, 0.3) is 0 Å². The number of hydrogen-bond donors (Lipinski definition) is 1. The predicted molar refractivity (Wildman–Crippen MR) is 92.8 cm³/mol. The number of amides is 2. The fraction of sp³-hybridized carbons (Fsp3) is 0.529. The van der Waals surface area contributed by atoms with Crippen molar-refractivity contribution >= 4 is 23.6 Å². The number of carbonyl (C=O) groups is 2. The Morgan fingerprint density at radius 3 is 2.70 bits per heavy atom. The minimum Gasteiger partial charge on any atom is -0.486 e. The van der Waals surface area contributed by atoms with E-state index in [1.165, 1.54) is 6.92 Å². The summed E-state index contributed by atoms with van der Waals surface area (Å²) in [5.41, 5.74) is 1.09. The van der Waals surface area contributed by atoms with Crippen molar-refractivity contribution in [3.63, 3.8) is 0 Å². The van der Waals surface area contributed by atoms with Crippen molar-refractivity contribution in [2.75, 3.05) is 25.1 Å². The molecule has 6 heteroatoms. The van der Waals surface area contributed by atoms with Gasteiger partial charge in [-0.1, -0.05) is 18.2 Å². The Kier molecular flexibility index (Phi) is 6.33. The molecule has 1 atom stereocenters. The molecule has 126 valence electrons. The number of ether oxygens (including phenoxy) is 1. The van der Waals surface area contributed by atoms with Gasteiger partial charge < -0.3 is 15.0 Å². The van der Waals surface area contributed by atoms with Crippen molar-refractivity contribution < 1.29 is 14.3 Å². The maximum atomic E-state index is 12.5. The van der Waals surface area contributed by atoms with Gasteiger partial charge in [-0.3, -0.25) is 9.59 Å². The van der Waals surface area contributed by atoms with Crippen molar-refractivity contribution in [1.29, 1.82) is 0 Å². The summed E-state index contributed by atoms with van der Waals surface area (Å²) >= 11 is 1.67. The van der Waals surface area contributed by atoms with Crippen molar-refractivity contribution in [3.05, 3.63) is 29.8 Å². The second-order valence-electron chi connectivity index (χ2n) is 5.78. The molecule has 0 aliphatic carbocycles. The molecule has 0 unspecified atom stereocenters. The number of carbonyl (C=O) groups excluding carboxylic acids is 2. The highest BCUT2D eigenvalue weighted by molar-refractivity contribution is 7.98. The van der Waals surface area contributed by atoms with Crippen LogP contribution in [0.3, 0.4) is 0 Å². The monoisotopic (exact) mass is 336 g/mol. The van der Waals surface area contributed by atoms with Crippen LogP contribution in [0.5, 0.6) is 5.75 Å². The van der Waals surface area contributed by atoms with Crippen molar-refractivity contribution in [2.45, 2.75) is 32.4 Å². The molecule has 1 saturated heterocycles. The zero-order valence-electron chi connectivity index (χ0n) is 13.9. The molecular weight excluding hydrogens is 312 g/mol. The summed E-state index contributed by atoms with van der Waals surface area (Å²) in [7, 11) is 0. The van der Waals surface area contributed by atoms with Gasteiger partial charge in [0.15, 0.2) is 0 Å². The maximum absolute atomic E-state index is 12.5. The first-order valence-electron chi connectivity index (χ1n) is 7.78. The Bertz CT molecular complexity index is 559. The number of aryl methyl sites for hydroxylation is 1. The third kappa shape index (κ3) is 4.89. The van der Waals surface area contributed by atoms with E-state index in [0.717, 1.165) is 17.1 Å². The summed E-state index contributed by atoms with van der Waals surface area (Å²) in [4.78, 5) is 25.5. The van der Waals surface area contributed by atoms with E-state index in [9.17, 15) is 9.59 Å². The average molecular weight is 336 g/mol. The number of hydrogen-bond acceptors (Lipinski definition) is 4. The van der Waals surface area contributed by atoms with Crippen LogP contribution in [0.2, 0.25) is 0 Å². The van der Waals surface area contributed by atoms with Crippen molar-refractivity contribution in [2.24, 2.45) is 0 Å². The quantitative estimate of drug-likeness (QED) is 0.825. The molecule has 0 bridgehead atoms. The van der Waals surface area contributed by atoms with Crippen LogP contribution in [0.1, 0.15) is 18.9 Å².